The lowest BCUT2D eigenvalue weighted by atomic mass is 9.97. The van der Waals surface area contributed by atoms with Gasteiger partial charge in [0.1, 0.15) is 0 Å². The molecule has 0 radical (unpaired) electrons. The standard InChI is InChI=1S/C7H17NO4S/c1-2-6(5-9)7(8)3-4-13(10,11)12/h6-7,9H,2-5,8H2,1H3,(H,10,11,12)/t6-,7?/m1/s1. The van der Waals surface area contributed by atoms with Crippen LogP contribution in [0, 0.1) is 5.92 Å². The first-order chi connectivity index (χ1) is 5.90. The molecule has 5 nitrogen and oxygen atoms in total. The topological polar surface area (TPSA) is 101 Å². The fraction of sp³-hybridized carbons (Fsp3) is 1.00. The summed E-state index contributed by atoms with van der Waals surface area (Å²) in [6.45, 7) is 1.82. The van der Waals surface area contributed by atoms with Crippen LogP contribution in [0.3, 0.4) is 0 Å². The Balaban J connectivity index is 3.92. The normalized spacial score (nSPS) is 16.9. The fourth-order valence-electron chi connectivity index (χ4n) is 1.09. The summed E-state index contributed by atoms with van der Waals surface area (Å²) < 4.78 is 29.2. The van der Waals surface area contributed by atoms with Gasteiger partial charge < -0.3 is 10.8 Å². The third-order valence-electron chi connectivity index (χ3n) is 2.07. The van der Waals surface area contributed by atoms with Gasteiger partial charge in [-0.2, -0.15) is 8.42 Å². The molecule has 0 fully saturated rings. The number of hydrogen-bond acceptors (Lipinski definition) is 4. The van der Waals surface area contributed by atoms with Crippen molar-refractivity contribution >= 4 is 10.1 Å². The van der Waals surface area contributed by atoms with Gasteiger partial charge in [-0.05, 0) is 18.8 Å². The highest BCUT2D eigenvalue weighted by atomic mass is 32.2. The largest absolute Gasteiger partial charge is 0.396 e. The highest BCUT2D eigenvalue weighted by Crippen LogP contribution is 2.09. The molecule has 0 saturated heterocycles. The molecule has 0 saturated carbocycles. The van der Waals surface area contributed by atoms with Crippen LogP contribution >= 0.6 is 0 Å². The van der Waals surface area contributed by atoms with Crippen LogP contribution in [0.4, 0.5) is 0 Å². The molecule has 0 aromatic rings. The van der Waals surface area contributed by atoms with E-state index in [1.54, 1.807) is 0 Å². The van der Waals surface area contributed by atoms with Crippen LogP contribution in [0.15, 0.2) is 0 Å². The molecule has 4 N–H and O–H groups in total. The molecular weight excluding hydrogens is 194 g/mol. The van der Waals surface area contributed by atoms with E-state index in [4.69, 9.17) is 15.4 Å². The van der Waals surface area contributed by atoms with Crippen molar-refractivity contribution in [2.24, 2.45) is 11.7 Å². The predicted octanol–water partition coefficient (Wildman–Crippen LogP) is -0.390. The van der Waals surface area contributed by atoms with Gasteiger partial charge >= 0.3 is 0 Å². The molecule has 0 aliphatic rings. The van der Waals surface area contributed by atoms with Crippen LogP contribution < -0.4 is 5.73 Å². The molecule has 0 heterocycles. The molecule has 0 bridgehead atoms. The van der Waals surface area contributed by atoms with Crippen LogP contribution in [0.5, 0.6) is 0 Å². The number of aliphatic hydroxyl groups excluding tert-OH is 1. The average molecular weight is 211 g/mol. The van der Waals surface area contributed by atoms with Crippen molar-refractivity contribution in [3.8, 4) is 0 Å². The number of rotatable bonds is 6. The molecule has 6 heteroatoms. The maximum atomic E-state index is 10.4. The van der Waals surface area contributed by atoms with Gasteiger partial charge in [0, 0.05) is 12.6 Å². The van der Waals surface area contributed by atoms with E-state index >= 15 is 0 Å². The molecule has 13 heavy (non-hydrogen) atoms. The van der Waals surface area contributed by atoms with Gasteiger partial charge in [-0.3, -0.25) is 4.55 Å². The maximum Gasteiger partial charge on any atom is 0.264 e. The second-order valence-electron chi connectivity index (χ2n) is 3.09. The Labute approximate surface area is 78.7 Å². The summed E-state index contributed by atoms with van der Waals surface area (Å²) in [7, 11) is -3.93. The highest BCUT2D eigenvalue weighted by molar-refractivity contribution is 7.85. The first kappa shape index (κ1) is 12.8. The summed E-state index contributed by atoms with van der Waals surface area (Å²) >= 11 is 0. The summed E-state index contributed by atoms with van der Waals surface area (Å²) in [4.78, 5) is 0. The van der Waals surface area contributed by atoms with Crippen LogP contribution in [0.1, 0.15) is 19.8 Å². The van der Waals surface area contributed by atoms with Crippen molar-refractivity contribution in [1.82, 2.24) is 0 Å². The third kappa shape index (κ3) is 5.98. The minimum atomic E-state index is -3.93. The van der Waals surface area contributed by atoms with E-state index in [0.29, 0.717) is 6.42 Å². The van der Waals surface area contributed by atoms with Crippen molar-refractivity contribution in [1.29, 1.82) is 0 Å². The SMILES string of the molecule is CC[C@H](CO)C(N)CCS(=O)(=O)O. The van der Waals surface area contributed by atoms with Gasteiger partial charge in [0.2, 0.25) is 0 Å². The van der Waals surface area contributed by atoms with E-state index in [0.717, 1.165) is 0 Å². The van der Waals surface area contributed by atoms with Crippen LogP contribution in [0.25, 0.3) is 0 Å². The minimum Gasteiger partial charge on any atom is -0.396 e. The van der Waals surface area contributed by atoms with Crippen molar-refractivity contribution in [2.75, 3.05) is 12.4 Å². The van der Waals surface area contributed by atoms with Crippen molar-refractivity contribution in [3.63, 3.8) is 0 Å². The predicted molar refractivity (Wildman–Crippen MR) is 49.9 cm³/mol. The summed E-state index contributed by atoms with van der Waals surface area (Å²) in [5.41, 5.74) is 5.61. The molecule has 0 aliphatic heterocycles. The third-order valence-corrected chi connectivity index (χ3v) is 2.83. The van der Waals surface area contributed by atoms with Gasteiger partial charge in [0.25, 0.3) is 10.1 Å². The second kappa shape index (κ2) is 5.54. The second-order valence-corrected chi connectivity index (χ2v) is 4.66. The van der Waals surface area contributed by atoms with E-state index < -0.39 is 10.1 Å². The first-order valence-electron chi connectivity index (χ1n) is 4.22. The van der Waals surface area contributed by atoms with Gasteiger partial charge in [-0.15, -0.1) is 0 Å². The molecule has 80 valence electrons. The van der Waals surface area contributed by atoms with Gasteiger partial charge in [0.15, 0.2) is 0 Å². The zero-order valence-corrected chi connectivity index (χ0v) is 8.50. The minimum absolute atomic E-state index is 0.0524. The Morgan fingerprint density at radius 2 is 2.00 bits per heavy atom. The lowest BCUT2D eigenvalue weighted by molar-refractivity contribution is 0.198. The fourth-order valence-corrected chi connectivity index (χ4v) is 1.66. The van der Waals surface area contributed by atoms with Gasteiger partial charge in [0.05, 0.1) is 5.75 Å². The van der Waals surface area contributed by atoms with Gasteiger partial charge in [-0.1, -0.05) is 6.92 Å². The Kier molecular flexibility index (Phi) is 5.46. The Morgan fingerprint density at radius 3 is 2.31 bits per heavy atom. The quantitative estimate of drug-likeness (QED) is 0.519. The smallest absolute Gasteiger partial charge is 0.264 e. The lowest BCUT2D eigenvalue weighted by Crippen LogP contribution is -2.33. The lowest BCUT2D eigenvalue weighted by Gasteiger charge is -2.19. The van der Waals surface area contributed by atoms with E-state index in [1.165, 1.54) is 0 Å². The Morgan fingerprint density at radius 1 is 1.46 bits per heavy atom. The van der Waals surface area contributed by atoms with E-state index in [-0.39, 0.29) is 30.7 Å². The average Bonchev–Trinajstić information content (AvgIpc) is 2.02. The molecule has 0 aromatic heterocycles. The number of nitrogens with two attached hydrogens (primary N) is 1. The molecule has 0 aliphatic carbocycles. The summed E-state index contributed by atoms with van der Waals surface area (Å²) in [6, 6.07) is -0.378. The summed E-state index contributed by atoms with van der Waals surface area (Å²) in [5.74, 6) is -0.438. The van der Waals surface area contributed by atoms with Gasteiger partial charge in [-0.25, -0.2) is 0 Å². The molecular formula is C7H17NO4S. The monoisotopic (exact) mass is 211 g/mol. The van der Waals surface area contributed by atoms with Crippen molar-refractivity contribution in [2.45, 2.75) is 25.8 Å². The highest BCUT2D eigenvalue weighted by Gasteiger charge is 2.17. The zero-order chi connectivity index (χ0) is 10.5. The summed E-state index contributed by atoms with van der Waals surface area (Å²) in [5, 5.41) is 8.83. The Bertz CT molecular complexity index is 223. The zero-order valence-electron chi connectivity index (χ0n) is 7.68. The maximum absolute atomic E-state index is 10.4. The van der Waals surface area contributed by atoms with Crippen LogP contribution in [-0.2, 0) is 10.1 Å². The molecule has 0 spiro atoms. The molecule has 2 atom stereocenters. The van der Waals surface area contributed by atoms with Crippen LogP contribution in [-0.4, -0.2) is 36.5 Å². The first-order valence-corrected chi connectivity index (χ1v) is 5.83. The molecule has 0 aromatic carbocycles. The summed E-state index contributed by atoms with van der Waals surface area (Å²) in [6.07, 6.45) is 0.876. The van der Waals surface area contributed by atoms with Crippen LogP contribution in [0.2, 0.25) is 0 Å². The van der Waals surface area contributed by atoms with Crippen molar-refractivity contribution < 1.29 is 18.1 Å². The molecule has 1 unspecified atom stereocenters. The van der Waals surface area contributed by atoms with Crippen molar-refractivity contribution in [3.05, 3.63) is 0 Å². The van der Waals surface area contributed by atoms with E-state index in [2.05, 4.69) is 0 Å². The Hall–Kier alpha value is -0.170. The van der Waals surface area contributed by atoms with E-state index in [1.807, 2.05) is 6.92 Å². The van der Waals surface area contributed by atoms with E-state index in [9.17, 15) is 8.42 Å². The molecule has 0 rings (SSSR count). The number of hydrogen-bond donors (Lipinski definition) is 3. The molecule has 0 amide bonds. The number of aliphatic hydroxyl groups is 1.